The van der Waals surface area contributed by atoms with Crippen LogP contribution < -0.4 is 10.9 Å². The van der Waals surface area contributed by atoms with Gasteiger partial charge in [-0.15, -0.1) is 0 Å². The van der Waals surface area contributed by atoms with Crippen molar-refractivity contribution in [2.45, 2.75) is 19.6 Å². The monoisotopic (exact) mass is 527 g/mol. The number of nitrogens with one attached hydrogen (secondary N) is 1. The Bertz CT molecular complexity index is 1780. The van der Waals surface area contributed by atoms with Gasteiger partial charge in [-0.3, -0.25) is 19.4 Å². The largest absolute Gasteiger partial charge is 0.328 e. The van der Waals surface area contributed by atoms with Gasteiger partial charge in [-0.05, 0) is 42.0 Å². The zero-order valence-electron chi connectivity index (χ0n) is 20.2. The number of hydrogen-bond acceptors (Lipinski definition) is 6. The fourth-order valence-corrected chi connectivity index (χ4v) is 4.56. The third-order valence-corrected chi connectivity index (χ3v) is 6.37. The van der Waals surface area contributed by atoms with Gasteiger partial charge in [0.15, 0.2) is 0 Å². The molecular weight excluding hydrogens is 508 g/mol. The molecule has 10 nitrogen and oxygen atoms in total. The number of halogens is 2. The highest BCUT2D eigenvalue weighted by atomic mass is 19.1. The van der Waals surface area contributed by atoms with E-state index in [0.717, 1.165) is 12.3 Å². The van der Waals surface area contributed by atoms with E-state index in [4.69, 9.17) is 0 Å². The van der Waals surface area contributed by atoms with E-state index in [1.165, 1.54) is 32.2 Å². The van der Waals surface area contributed by atoms with Crippen LogP contribution in [0.2, 0.25) is 0 Å². The maximum absolute atomic E-state index is 13.6. The molecule has 0 saturated carbocycles. The molecule has 5 aromatic rings. The normalized spacial score (nSPS) is 12.7. The second-order valence-corrected chi connectivity index (χ2v) is 8.95. The van der Waals surface area contributed by atoms with Crippen molar-refractivity contribution in [2.75, 3.05) is 5.32 Å². The van der Waals surface area contributed by atoms with Gasteiger partial charge in [0.1, 0.15) is 35.3 Å². The number of amides is 2. The highest BCUT2D eigenvalue weighted by Gasteiger charge is 2.35. The summed E-state index contributed by atoms with van der Waals surface area (Å²) >= 11 is 0. The molecule has 4 aromatic heterocycles. The average molecular weight is 527 g/mol. The van der Waals surface area contributed by atoms with Gasteiger partial charge in [0.05, 0.1) is 24.0 Å². The molecule has 0 atom stereocenters. The van der Waals surface area contributed by atoms with Crippen molar-refractivity contribution in [3.05, 3.63) is 112 Å². The summed E-state index contributed by atoms with van der Waals surface area (Å²) in [5.74, 6) is -1.82. The summed E-state index contributed by atoms with van der Waals surface area (Å²) in [6, 6.07) is 13.3. The number of carbonyl (C=O) groups excluding carboxylic acids is 2. The number of anilines is 1. The molecule has 0 fully saturated rings. The van der Waals surface area contributed by atoms with E-state index in [-0.39, 0.29) is 42.4 Å². The van der Waals surface area contributed by atoms with Gasteiger partial charge in [-0.25, -0.2) is 13.8 Å². The highest BCUT2D eigenvalue weighted by Crippen LogP contribution is 2.26. The molecule has 12 heteroatoms. The molecule has 1 N–H and O–H groups in total. The average Bonchev–Trinajstić information content (AvgIpc) is 3.52. The number of pyridine rings is 2. The maximum Gasteiger partial charge on any atom is 0.280 e. The van der Waals surface area contributed by atoms with E-state index < -0.39 is 29.0 Å². The third kappa shape index (κ3) is 4.52. The maximum atomic E-state index is 13.6. The Morgan fingerprint density at radius 3 is 2.44 bits per heavy atom. The van der Waals surface area contributed by atoms with Crippen LogP contribution in [-0.2, 0) is 24.4 Å². The van der Waals surface area contributed by atoms with Crippen LogP contribution in [0.5, 0.6) is 0 Å². The molecule has 5 heterocycles. The van der Waals surface area contributed by atoms with Crippen LogP contribution in [0.1, 0.15) is 21.6 Å². The summed E-state index contributed by atoms with van der Waals surface area (Å²) in [7, 11) is 0. The second-order valence-electron chi connectivity index (χ2n) is 8.95. The van der Waals surface area contributed by atoms with Crippen molar-refractivity contribution in [3.63, 3.8) is 0 Å². The molecule has 1 aliphatic heterocycles. The molecular formula is C27H19F2N7O3. The Morgan fingerprint density at radius 1 is 0.974 bits per heavy atom. The van der Waals surface area contributed by atoms with E-state index in [1.54, 1.807) is 42.7 Å². The quantitative estimate of drug-likeness (QED) is 0.363. The van der Waals surface area contributed by atoms with E-state index in [9.17, 15) is 23.2 Å². The summed E-state index contributed by atoms with van der Waals surface area (Å²) in [6.07, 6.45) is 4.15. The van der Waals surface area contributed by atoms with Crippen molar-refractivity contribution in [3.8, 4) is 11.3 Å². The van der Waals surface area contributed by atoms with Gasteiger partial charge >= 0.3 is 0 Å². The fraction of sp³-hybridized carbons (Fsp3) is 0.111. The van der Waals surface area contributed by atoms with E-state index in [1.807, 2.05) is 0 Å². The van der Waals surface area contributed by atoms with Crippen molar-refractivity contribution in [1.29, 1.82) is 0 Å². The van der Waals surface area contributed by atoms with Gasteiger partial charge < -0.3 is 14.8 Å². The van der Waals surface area contributed by atoms with Crippen molar-refractivity contribution in [1.82, 2.24) is 29.0 Å². The van der Waals surface area contributed by atoms with E-state index >= 15 is 0 Å². The Kier molecular flexibility index (Phi) is 5.91. The minimum atomic E-state index is -0.553. The molecule has 0 radical (unpaired) electrons. The molecule has 0 saturated heterocycles. The van der Waals surface area contributed by atoms with E-state index in [2.05, 4.69) is 20.4 Å². The SMILES string of the molecule is O=C(Cn1c2c(c(=O)n3nc(-c4ccncc4)cc13)CN(Cc1ccc(F)cc1)C2=O)Nc1ccc(F)cn1. The number of rotatable bonds is 6. The molecule has 0 spiro atoms. The Hall–Kier alpha value is -5.26. The smallest absolute Gasteiger partial charge is 0.280 e. The topological polar surface area (TPSA) is 114 Å². The van der Waals surface area contributed by atoms with Crippen LogP contribution in [0.25, 0.3) is 16.9 Å². The third-order valence-electron chi connectivity index (χ3n) is 6.37. The number of hydrogen-bond donors (Lipinski definition) is 1. The standard InChI is InChI=1S/C27H19F2N7O3/c28-18-3-1-16(2-4-18)13-34-14-20-25(27(34)39)35(15-23(37)32-22-6-5-19(29)12-31-22)24-11-21(33-36(24)26(20)38)17-7-9-30-10-8-17/h1-12H,13-15H2,(H,31,32,37). The van der Waals surface area contributed by atoms with Crippen LogP contribution >= 0.6 is 0 Å². The zero-order valence-corrected chi connectivity index (χ0v) is 20.2. The molecule has 0 bridgehead atoms. The van der Waals surface area contributed by atoms with Crippen LogP contribution in [0.4, 0.5) is 14.6 Å². The second kappa shape index (κ2) is 9.56. The van der Waals surface area contributed by atoms with Crippen molar-refractivity contribution < 1.29 is 18.4 Å². The van der Waals surface area contributed by atoms with Gasteiger partial charge in [-0.1, -0.05) is 12.1 Å². The Labute approximate surface area is 219 Å². The number of nitrogens with zero attached hydrogens (tertiary/aromatic N) is 6. The lowest BCUT2D eigenvalue weighted by Gasteiger charge is -2.16. The summed E-state index contributed by atoms with van der Waals surface area (Å²) < 4.78 is 29.2. The number of benzene rings is 1. The first-order chi connectivity index (χ1) is 18.9. The first-order valence-corrected chi connectivity index (χ1v) is 11.9. The predicted octanol–water partition coefficient (Wildman–Crippen LogP) is 3.03. The molecule has 2 amide bonds. The van der Waals surface area contributed by atoms with Crippen LogP contribution in [0.3, 0.4) is 0 Å². The lowest BCUT2D eigenvalue weighted by molar-refractivity contribution is -0.116. The van der Waals surface area contributed by atoms with E-state index in [0.29, 0.717) is 16.8 Å². The molecule has 0 aliphatic carbocycles. The molecule has 194 valence electrons. The minimum Gasteiger partial charge on any atom is -0.328 e. The highest BCUT2D eigenvalue weighted by molar-refractivity contribution is 5.98. The molecule has 0 unspecified atom stereocenters. The predicted molar refractivity (Wildman–Crippen MR) is 135 cm³/mol. The van der Waals surface area contributed by atoms with Crippen molar-refractivity contribution >= 4 is 23.3 Å². The van der Waals surface area contributed by atoms with Crippen LogP contribution in [-0.4, -0.2) is 40.9 Å². The van der Waals surface area contributed by atoms with Gasteiger partial charge in [0.25, 0.3) is 11.5 Å². The first kappa shape index (κ1) is 24.1. The lowest BCUT2D eigenvalue weighted by Crippen LogP contribution is -2.30. The Morgan fingerprint density at radius 2 is 1.72 bits per heavy atom. The summed E-state index contributed by atoms with van der Waals surface area (Å²) in [5.41, 5.74) is 1.86. The van der Waals surface area contributed by atoms with Crippen molar-refractivity contribution in [2.24, 2.45) is 0 Å². The number of carbonyl (C=O) groups is 2. The molecule has 6 rings (SSSR count). The molecule has 1 aliphatic rings. The number of fused-ring (bicyclic) bond motifs is 2. The van der Waals surface area contributed by atoms with Gasteiger partial charge in [0.2, 0.25) is 5.91 Å². The fourth-order valence-electron chi connectivity index (χ4n) is 4.56. The first-order valence-electron chi connectivity index (χ1n) is 11.9. The Balaban J connectivity index is 1.42. The lowest BCUT2D eigenvalue weighted by atomic mass is 10.2. The van der Waals surface area contributed by atoms with Gasteiger partial charge in [0, 0.05) is 30.6 Å². The molecule has 39 heavy (non-hydrogen) atoms. The zero-order chi connectivity index (χ0) is 27.1. The summed E-state index contributed by atoms with van der Waals surface area (Å²) in [4.78, 5) is 49.5. The summed E-state index contributed by atoms with van der Waals surface area (Å²) in [5, 5.41) is 7.05. The summed E-state index contributed by atoms with van der Waals surface area (Å²) in [6.45, 7) is -0.210. The minimum absolute atomic E-state index is 0.00803. The van der Waals surface area contributed by atoms with Crippen LogP contribution in [0.15, 0.2) is 78.0 Å². The van der Waals surface area contributed by atoms with Crippen LogP contribution in [0, 0.1) is 11.6 Å². The number of aromatic nitrogens is 5. The van der Waals surface area contributed by atoms with Gasteiger partial charge in [-0.2, -0.15) is 9.61 Å². The molecule has 1 aromatic carbocycles.